The van der Waals surface area contributed by atoms with Crippen LogP contribution >= 0.6 is 0 Å². The lowest BCUT2D eigenvalue weighted by molar-refractivity contribution is -0.383. The van der Waals surface area contributed by atoms with Crippen molar-refractivity contribution in [2.75, 3.05) is 5.32 Å². The maximum Gasteiger partial charge on any atom is 0.295 e. The van der Waals surface area contributed by atoms with Gasteiger partial charge in [-0.3, -0.25) is 10.1 Å². The summed E-state index contributed by atoms with van der Waals surface area (Å²) in [7, 11) is 0. The molecular formula is C14H10N4O2. The highest BCUT2D eigenvalue weighted by Gasteiger charge is 2.13. The van der Waals surface area contributed by atoms with E-state index in [0.717, 1.165) is 5.69 Å². The summed E-state index contributed by atoms with van der Waals surface area (Å²) in [6.07, 6.45) is 1.57. The van der Waals surface area contributed by atoms with Gasteiger partial charge in [0.15, 0.2) is 5.52 Å². The van der Waals surface area contributed by atoms with Crippen molar-refractivity contribution in [1.29, 1.82) is 0 Å². The molecule has 0 saturated carbocycles. The van der Waals surface area contributed by atoms with Gasteiger partial charge < -0.3 is 5.32 Å². The molecule has 0 unspecified atom stereocenters. The van der Waals surface area contributed by atoms with Gasteiger partial charge in [0.25, 0.3) is 5.69 Å². The molecule has 0 atom stereocenters. The average Bonchev–Trinajstić information content (AvgIpc) is 2.47. The molecule has 0 aliphatic heterocycles. The highest BCUT2D eigenvalue weighted by Crippen LogP contribution is 2.24. The van der Waals surface area contributed by atoms with Gasteiger partial charge in [-0.1, -0.05) is 30.3 Å². The Morgan fingerprint density at radius 2 is 1.85 bits per heavy atom. The van der Waals surface area contributed by atoms with Crippen LogP contribution in [-0.2, 0) is 0 Å². The molecule has 3 rings (SSSR count). The zero-order valence-electron chi connectivity index (χ0n) is 10.4. The number of anilines is 2. The van der Waals surface area contributed by atoms with Crippen molar-refractivity contribution >= 4 is 28.2 Å². The first-order valence-electron chi connectivity index (χ1n) is 5.96. The van der Waals surface area contributed by atoms with Gasteiger partial charge in [-0.15, -0.1) is 0 Å². The Bertz CT molecular complexity index is 774. The SMILES string of the molecule is O=[N+]([O-])c1cccc2cnc(Nc3ccccc3)nc12. The van der Waals surface area contributed by atoms with Crippen molar-refractivity contribution in [2.24, 2.45) is 0 Å². The molecule has 0 saturated heterocycles. The van der Waals surface area contributed by atoms with Crippen LogP contribution in [0, 0.1) is 10.1 Å². The van der Waals surface area contributed by atoms with Crippen LogP contribution in [0.15, 0.2) is 54.7 Å². The minimum absolute atomic E-state index is 0.0268. The minimum Gasteiger partial charge on any atom is -0.324 e. The number of benzene rings is 2. The molecule has 0 amide bonds. The number of non-ortho nitro benzene ring substituents is 1. The number of fused-ring (bicyclic) bond motifs is 1. The Morgan fingerprint density at radius 1 is 1.05 bits per heavy atom. The molecule has 1 aromatic heterocycles. The van der Waals surface area contributed by atoms with Crippen LogP contribution in [0.25, 0.3) is 10.9 Å². The number of nitrogens with one attached hydrogen (secondary N) is 1. The van der Waals surface area contributed by atoms with E-state index in [4.69, 9.17) is 0 Å². The molecule has 2 aromatic carbocycles. The molecule has 0 fully saturated rings. The Morgan fingerprint density at radius 3 is 2.60 bits per heavy atom. The highest BCUT2D eigenvalue weighted by atomic mass is 16.6. The molecule has 3 aromatic rings. The number of aromatic nitrogens is 2. The van der Waals surface area contributed by atoms with Crippen LogP contribution < -0.4 is 5.32 Å². The predicted octanol–water partition coefficient (Wildman–Crippen LogP) is 3.28. The molecule has 0 aliphatic rings. The lowest BCUT2D eigenvalue weighted by Crippen LogP contribution is -1.98. The number of nitrogens with zero attached hydrogens (tertiary/aromatic N) is 3. The molecule has 0 radical (unpaired) electrons. The number of nitro benzene ring substituents is 1. The van der Waals surface area contributed by atoms with Crippen LogP contribution in [0.3, 0.4) is 0 Å². The van der Waals surface area contributed by atoms with E-state index >= 15 is 0 Å². The van der Waals surface area contributed by atoms with Gasteiger partial charge in [0.05, 0.1) is 4.92 Å². The van der Waals surface area contributed by atoms with Crippen molar-refractivity contribution in [3.8, 4) is 0 Å². The number of rotatable bonds is 3. The minimum atomic E-state index is -0.443. The summed E-state index contributed by atoms with van der Waals surface area (Å²) in [4.78, 5) is 19.0. The Kier molecular flexibility index (Phi) is 2.96. The predicted molar refractivity (Wildman–Crippen MR) is 75.9 cm³/mol. The number of nitro groups is 1. The molecule has 1 heterocycles. The molecule has 6 nitrogen and oxygen atoms in total. The third-order valence-electron chi connectivity index (χ3n) is 2.82. The van der Waals surface area contributed by atoms with Crippen molar-refractivity contribution < 1.29 is 4.92 Å². The fourth-order valence-electron chi connectivity index (χ4n) is 1.90. The smallest absolute Gasteiger partial charge is 0.295 e. The maximum atomic E-state index is 11.0. The molecular weight excluding hydrogens is 256 g/mol. The van der Waals surface area contributed by atoms with Gasteiger partial charge in [0, 0.05) is 23.3 Å². The van der Waals surface area contributed by atoms with Crippen LogP contribution in [0.1, 0.15) is 0 Å². The monoisotopic (exact) mass is 266 g/mol. The lowest BCUT2D eigenvalue weighted by Gasteiger charge is -2.05. The Hall–Kier alpha value is -3.02. The molecule has 6 heteroatoms. The Labute approximate surface area is 114 Å². The third kappa shape index (κ3) is 2.26. The molecule has 1 N–H and O–H groups in total. The molecule has 98 valence electrons. The zero-order chi connectivity index (χ0) is 13.9. The second-order valence-electron chi connectivity index (χ2n) is 4.16. The largest absolute Gasteiger partial charge is 0.324 e. The van der Waals surface area contributed by atoms with Crippen molar-refractivity contribution in [1.82, 2.24) is 9.97 Å². The van der Waals surface area contributed by atoms with Gasteiger partial charge in [0.1, 0.15) is 0 Å². The quantitative estimate of drug-likeness (QED) is 0.581. The Balaban J connectivity index is 2.06. The lowest BCUT2D eigenvalue weighted by atomic mass is 10.2. The van der Waals surface area contributed by atoms with E-state index < -0.39 is 4.92 Å². The number of hydrogen-bond donors (Lipinski definition) is 1. The molecule has 0 spiro atoms. The van der Waals surface area contributed by atoms with Gasteiger partial charge in [-0.2, -0.15) is 0 Å². The summed E-state index contributed by atoms with van der Waals surface area (Å²) in [6.45, 7) is 0. The van der Waals surface area contributed by atoms with Crippen molar-refractivity contribution in [2.45, 2.75) is 0 Å². The van der Waals surface area contributed by atoms with Gasteiger partial charge >= 0.3 is 0 Å². The van der Waals surface area contributed by atoms with Gasteiger partial charge in [0.2, 0.25) is 5.95 Å². The summed E-state index contributed by atoms with van der Waals surface area (Å²) in [6, 6.07) is 14.2. The topological polar surface area (TPSA) is 81.0 Å². The fourth-order valence-corrected chi connectivity index (χ4v) is 1.90. The first-order chi connectivity index (χ1) is 9.74. The second kappa shape index (κ2) is 4.93. The van der Waals surface area contributed by atoms with Crippen molar-refractivity contribution in [3.63, 3.8) is 0 Å². The van der Waals surface area contributed by atoms with Crippen LogP contribution in [0.4, 0.5) is 17.3 Å². The van der Waals surface area contributed by atoms with E-state index in [2.05, 4.69) is 15.3 Å². The normalized spacial score (nSPS) is 10.4. The van der Waals surface area contributed by atoms with E-state index in [-0.39, 0.29) is 5.69 Å². The summed E-state index contributed by atoms with van der Waals surface area (Å²) in [5.74, 6) is 0.331. The van der Waals surface area contributed by atoms with Gasteiger partial charge in [-0.05, 0) is 12.1 Å². The second-order valence-corrected chi connectivity index (χ2v) is 4.16. The maximum absolute atomic E-state index is 11.0. The van der Waals surface area contributed by atoms with E-state index in [9.17, 15) is 10.1 Å². The first kappa shape index (κ1) is 12.0. The van der Waals surface area contributed by atoms with Crippen LogP contribution in [0.2, 0.25) is 0 Å². The third-order valence-corrected chi connectivity index (χ3v) is 2.82. The van der Waals surface area contributed by atoms with E-state index in [1.54, 1.807) is 18.3 Å². The first-order valence-corrected chi connectivity index (χ1v) is 5.96. The van der Waals surface area contributed by atoms with E-state index in [1.165, 1.54) is 6.07 Å². The molecule has 0 bridgehead atoms. The van der Waals surface area contributed by atoms with Gasteiger partial charge in [-0.25, -0.2) is 9.97 Å². The summed E-state index contributed by atoms with van der Waals surface area (Å²) in [5.41, 5.74) is 1.12. The molecule has 20 heavy (non-hydrogen) atoms. The van der Waals surface area contributed by atoms with E-state index in [0.29, 0.717) is 16.9 Å². The fraction of sp³-hybridized carbons (Fsp3) is 0. The average molecular weight is 266 g/mol. The summed E-state index contributed by atoms with van der Waals surface area (Å²) < 4.78 is 0. The summed E-state index contributed by atoms with van der Waals surface area (Å²) >= 11 is 0. The summed E-state index contributed by atoms with van der Waals surface area (Å²) in [5, 5.41) is 14.7. The van der Waals surface area contributed by atoms with E-state index in [1.807, 2.05) is 30.3 Å². The van der Waals surface area contributed by atoms with Crippen molar-refractivity contribution in [3.05, 3.63) is 64.8 Å². The zero-order valence-corrected chi connectivity index (χ0v) is 10.4. The van der Waals surface area contributed by atoms with Crippen LogP contribution in [-0.4, -0.2) is 14.9 Å². The van der Waals surface area contributed by atoms with Crippen LogP contribution in [0.5, 0.6) is 0 Å². The molecule has 0 aliphatic carbocycles. The highest BCUT2D eigenvalue weighted by molar-refractivity contribution is 5.87. The standard InChI is InChI=1S/C14H10N4O2/c19-18(20)12-8-4-5-10-9-15-14(17-13(10)12)16-11-6-2-1-3-7-11/h1-9H,(H,15,16,17). The number of para-hydroxylation sites is 2. The number of hydrogen-bond acceptors (Lipinski definition) is 5.